The lowest BCUT2D eigenvalue weighted by Crippen LogP contribution is -2.40. The van der Waals surface area contributed by atoms with Gasteiger partial charge in [0.2, 0.25) is 0 Å². The Hall–Kier alpha value is -0.960. The van der Waals surface area contributed by atoms with E-state index in [-0.39, 0.29) is 36.1 Å². The summed E-state index contributed by atoms with van der Waals surface area (Å²) in [6.45, 7) is 4.93. The van der Waals surface area contributed by atoms with Crippen molar-refractivity contribution in [3.05, 3.63) is 35.4 Å². The number of rotatable bonds is 8. The summed E-state index contributed by atoms with van der Waals surface area (Å²) in [5.74, 6) is 0.509. The van der Waals surface area contributed by atoms with Crippen LogP contribution >= 0.6 is 24.0 Å². The highest BCUT2D eigenvalue weighted by molar-refractivity contribution is 14.0. The topological polar surface area (TPSA) is 36.9 Å². The molecule has 24 heavy (non-hydrogen) atoms. The molecular weight excluding hydrogens is 427 g/mol. The van der Waals surface area contributed by atoms with Crippen molar-refractivity contribution in [2.75, 3.05) is 33.4 Å². The molecule has 0 bridgehead atoms. The molecule has 0 aromatic heterocycles. The molecule has 0 aliphatic heterocycles. The van der Waals surface area contributed by atoms with Gasteiger partial charge in [0, 0.05) is 32.3 Å². The SMILES string of the molecule is CCNC(=NCc1cc(F)ccc1F)N(C)CCOCC1CC1.I. The molecule has 1 fully saturated rings. The van der Waals surface area contributed by atoms with Crippen LogP contribution in [0.3, 0.4) is 0 Å². The molecule has 0 radical (unpaired) electrons. The molecule has 0 spiro atoms. The number of aliphatic imine (C=N–C) groups is 1. The number of nitrogens with one attached hydrogen (secondary N) is 1. The molecule has 0 unspecified atom stereocenters. The quantitative estimate of drug-likeness (QED) is 0.284. The summed E-state index contributed by atoms with van der Waals surface area (Å²) < 4.78 is 32.5. The Balaban J connectivity index is 0.00000288. The maximum absolute atomic E-state index is 13.6. The van der Waals surface area contributed by atoms with Gasteiger partial charge in [-0.25, -0.2) is 13.8 Å². The normalized spacial score (nSPS) is 14.2. The molecule has 0 amide bonds. The van der Waals surface area contributed by atoms with Gasteiger partial charge in [0.15, 0.2) is 5.96 Å². The number of hydrogen-bond donors (Lipinski definition) is 1. The van der Waals surface area contributed by atoms with E-state index in [1.165, 1.54) is 18.9 Å². The Morgan fingerprint density at radius 3 is 2.79 bits per heavy atom. The van der Waals surface area contributed by atoms with E-state index in [0.717, 1.165) is 24.7 Å². The minimum absolute atomic E-state index is 0. The number of nitrogens with zero attached hydrogens (tertiary/aromatic N) is 2. The zero-order chi connectivity index (χ0) is 16.7. The van der Waals surface area contributed by atoms with Gasteiger partial charge in [-0.05, 0) is 43.9 Å². The molecule has 1 aliphatic carbocycles. The van der Waals surface area contributed by atoms with Crippen LogP contribution in [-0.2, 0) is 11.3 Å². The van der Waals surface area contributed by atoms with Crippen LogP contribution in [0.15, 0.2) is 23.2 Å². The first-order valence-corrected chi connectivity index (χ1v) is 8.11. The number of benzene rings is 1. The Kier molecular flexibility index (Phi) is 9.50. The molecule has 1 aromatic carbocycles. The van der Waals surface area contributed by atoms with Gasteiger partial charge in [-0.2, -0.15) is 0 Å². The summed E-state index contributed by atoms with van der Waals surface area (Å²) in [6, 6.07) is 3.42. The highest BCUT2D eigenvalue weighted by atomic mass is 127. The molecule has 1 aliphatic rings. The van der Waals surface area contributed by atoms with E-state index < -0.39 is 11.6 Å². The summed E-state index contributed by atoms with van der Waals surface area (Å²) in [7, 11) is 1.91. The standard InChI is InChI=1S/C17H25F2N3O.HI/c1-3-20-17(22(2)8-9-23-12-13-4-5-13)21-11-14-10-15(18)6-7-16(14)19;/h6-7,10,13H,3-5,8-9,11-12H2,1-2H3,(H,20,21);1H. The number of guanidine groups is 1. The molecule has 1 aromatic rings. The van der Waals surface area contributed by atoms with Crippen LogP contribution in [0.2, 0.25) is 0 Å². The highest BCUT2D eigenvalue weighted by Gasteiger charge is 2.21. The molecule has 0 heterocycles. The van der Waals surface area contributed by atoms with Gasteiger partial charge in [0.05, 0.1) is 13.2 Å². The fourth-order valence-electron chi connectivity index (χ4n) is 2.14. The molecule has 0 atom stereocenters. The van der Waals surface area contributed by atoms with Crippen LogP contribution in [0.4, 0.5) is 8.78 Å². The van der Waals surface area contributed by atoms with Gasteiger partial charge >= 0.3 is 0 Å². The van der Waals surface area contributed by atoms with Crippen LogP contribution in [0.5, 0.6) is 0 Å². The summed E-state index contributed by atoms with van der Waals surface area (Å²) >= 11 is 0. The predicted molar refractivity (Wildman–Crippen MR) is 103 cm³/mol. The maximum atomic E-state index is 13.6. The zero-order valence-electron chi connectivity index (χ0n) is 14.2. The van der Waals surface area contributed by atoms with E-state index in [9.17, 15) is 8.78 Å². The van der Waals surface area contributed by atoms with Crippen LogP contribution < -0.4 is 5.32 Å². The van der Waals surface area contributed by atoms with E-state index in [4.69, 9.17) is 4.74 Å². The largest absolute Gasteiger partial charge is 0.379 e. The van der Waals surface area contributed by atoms with E-state index >= 15 is 0 Å². The fraction of sp³-hybridized carbons (Fsp3) is 0.588. The highest BCUT2D eigenvalue weighted by Crippen LogP contribution is 2.28. The predicted octanol–water partition coefficient (Wildman–Crippen LogP) is 3.41. The molecule has 136 valence electrons. The third-order valence-electron chi connectivity index (χ3n) is 3.72. The van der Waals surface area contributed by atoms with Gasteiger partial charge in [-0.1, -0.05) is 0 Å². The Morgan fingerprint density at radius 2 is 2.12 bits per heavy atom. The molecule has 2 rings (SSSR count). The Bertz CT molecular complexity index is 539. The number of halogens is 3. The van der Waals surface area contributed by atoms with Crippen molar-refractivity contribution in [2.45, 2.75) is 26.3 Å². The molecule has 7 heteroatoms. The van der Waals surface area contributed by atoms with Gasteiger partial charge in [-0.15, -0.1) is 24.0 Å². The fourth-order valence-corrected chi connectivity index (χ4v) is 2.14. The van der Waals surface area contributed by atoms with E-state index in [1.54, 1.807) is 0 Å². The molecule has 1 N–H and O–H groups in total. The van der Waals surface area contributed by atoms with Gasteiger partial charge < -0.3 is 15.0 Å². The van der Waals surface area contributed by atoms with Gasteiger partial charge in [0.1, 0.15) is 11.6 Å². The number of hydrogen-bond acceptors (Lipinski definition) is 2. The lowest BCUT2D eigenvalue weighted by Gasteiger charge is -2.22. The van der Waals surface area contributed by atoms with Crippen molar-refractivity contribution in [1.29, 1.82) is 0 Å². The first-order valence-electron chi connectivity index (χ1n) is 8.11. The second-order valence-corrected chi connectivity index (χ2v) is 5.85. The van der Waals surface area contributed by atoms with Crippen LogP contribution in [-0.4, -0.2) is 44.2 Å². The van der Waals surface area contributed by atoms with Crippen LogP contribution in [0.1, 0.15) is 25.3 Å². The molecule has 0 saturated heterocycles. The minimum Gasteiger partial charge on any atom is -0.379 e. The van der Waals surface area contributed by atoms with Crippen molar-refractivity contribution in [2.24, 2.45) is 10.9 Å². The molecular formula is C17H26F2IN3O. The first kappa shape index (κ1) is 21.1. The average Bonchev–Trinajstić information content (AvgIpc) is 3.35. The summed E-state index contributed by atoms with van der Waals surface area (Å²) in [5.41, 5.74) is 0.249. The third kappa shape index (κ3) is 7.29. The lowest BCUT2D eigenvalue weighted by molar-refractivity contribution is 0.115. The second-order valence-electron chi connectivity index (χ2n) is 5.85. The Labute approximate surface area is 159 Å². The van der Waals surface area contributed by atoms with Crippen molar-refractivity contribution < 1.29 is 13.5 Å². The average molecular weight is 453 g/mol. The van der Waals surface area contributed by atoms with Crippen LogP contribution in [0, 0.1) is 17.6 Å². The van der Waals surface area contributed by atoms with E-state index in [0.29, 0.717) is 25.7 Å². The third-order valence-corrected chi connectivity index (χ3v) is 3.72. The van der Waals surface area contributed by atoms with Crippen LogP contribution in [0.25, 0.3) is 0 Å². The molecule has 4 nitrogen and oxygen atoms in total. The number of ether oxygens (including phenoxy) is 1. The summed E-state index contributed by atoms with van der Waals surface area (Å²) in [6.07, 6.45) is 2.55. The molecule has 1 saturated carbocycles. The summed E-state index contributed by atoms with van der Waals surface area (Å²) in [4.78, 5) is 6.32. The maximum Gasteiger partial charge on any atom is 0.194 e. The van der Waals surface area contributed by atoms with Crippen molar-refractivity contribution in [3.63, 3.8) is 0 Å². The lowest BCUT2D eigenvalue weighted by atomic mass is 10.2. The summed E-state index contributed by atoms with van der Waals surface area (Å²) in [5, 5.41) is 3.15. The van der Waals surface area contributed by atoms with Crippen molar-refractivity contribution >= 4 is 29.9 Å². The zero-order valence-corrected chi connectivity index (χ0v) is 16.6. The van der Waals surface area contributed by atoms with Gasteiger partial charge in [0.25, 0.3) is 0 Å². The van der Waals surface area contributed by atoms with Crippen molar-refractivity contribution in [1.82, 2.24) is 10.2 Å². The van der Waals surface area contributed by atoms with Gasteiger partial charge in [-0.3, -0.25) is 0 Å². The van der Waals surface area contributed by atoms with E-state index in [2.05, 4.69) is 10.3 Å². The monoisotopic (exact) mass is 453 g/mol. The second kappa shape index (κ2) is 10.8. The minimum atomic E-state index is -0.455. The van der Waals surface area contributed by atoms with E-state index in [1.807, 2.05) is 18.9 Å². The number of likely N-dealkylation sites (N-methyl/N-ethyl adjacent to an activating group) is 1. The smallest absolute Gasteiger partial charge is 0.194 e. The van der Waals surface area contributed by atoms with Crippen molar-refractivity contribution in [3.8, 4) is 0 Å². The first-order chi connectivity index (χ1) is 11.1. The Morgan fingerprint density at radius 1 is 1.38 bits per heavy atom.